The zero-order valence-corrected chi connectivity index (χ0v) is 6.68. The standard InChI is InChI=1S/C8H8NP/c1-10-7-9-8-5-3-2-4-6-8/h2-6H,1H3. The molecule has 0 aliphatic rings. The maximum Gasteiger partial charge on any atom is 0.0733 e. The molecule has 0 heterocycles. The third kappa shape index (κ3) is 2.14. The molecule has 0 aliphatic carbocycles. The first kappa shape index (κ1) is 7.21. The smallest absolute Gasteiger partial charge is 0.0733 e. The highest BCUT2D eigenvalue weighted by molar-refractivity contribution is 7.36. The van der Waals surface area contributed by atoms with Gasteiger partial charge in [-0.3, -0.25) is 0 Å². The summed E-state index contributed by atoms with van der Waals surface area (Å²) >= 11 is 0. The molecule has 1 aromatic carbocycles. The highest BCUT2D eigenvalue weighted by atomic mass is 31.1. The van der Waals surface area contributed by atoms with Gasteiger partial charge >= 0.3 is 0 Å². The molecule has 1 aromatic rings. The second-order valence-electron chi connectivity index (χ2n) is 1.77. The van der Waals surface area contributed by atoms with E-state index in [1.54, 1.807) is 0 Å². The van der Waals surface area contributed by atoms with Crippen LogP contribution in [-0.2, 0) is 0 Å². The molecule has 0 aliphatic heterocycles. The van der Waals surface area contributed by atoms with E-state index in [0.29, 0.717) is 0 Å². The summed E-state index contributed by atoms with van der Waals surface area (Å²) in [7, 11) is 1.07. The van der Waals surface area contributed by atoms with Crippen molar-refractivity contribution < 1.29 is 0 Å². The lowest BCUT2D eigenvalue weighted by molar-refractivity contribution is 1.55. The average Bonchev–Trinajstić information content (AvgIpc) is 2.03. The Morgan fingerprint density at radius 3 is 2.60 bits per heavy atom. The molecule has 0 aromatic heterocycles. The largest absolute Gasteiger partial charge is 0.202 e. The van der Waals surface area contributed by atoms with Crippen molar-refractivity contribution in [3.05, 3.63) is 30.3 Å². The van der Waals surface area contributed by atoms with E-state index >= 15 is 0 Å². The van der Waals surface area contributed by atoms with Crippen LogP contribution in [0.15, 0.2) is 35.3 Å². The van der Waals surface area contributed by atoms with Gasteiger partial charge in [-0.05, 0) is 27.0 Å². The molecule has 0 saturated carbocycles. The van der Waals surface area contributed by atoms with Gasteiger partial charge in [0.05, 0.1) is 5.69 Å². The minimum atomic E-state index is 0.969. The Bertz CT molecular complexity index is 247. The van der Waals surface area contributed by atoms with Gasteiger partial charge in [0.1, 0.15) is 0 Å². The Labute approximate surface area is 62.2 Å². The normalized spacial score (nSPS) is 8.90. The van der Waals surface area contributed by atoms with Crippen molar-refractivity contribution in [2.75, 3.05) is 6.66 Å². The van der Waals surface area contributed by atoms with E-state index in [4.69, 9.17) is 0 Å². The van der Waals surface area contributed by atoms with Crippen molar-refractivity contribution in [2.24, 2.45) is 4.99 Å². The van der Waals surface area contributed by atoms with E-state index in [1.165, 1.54) is 0 Å². The molecule has 0 saturated heterocycles. The van der Waals surface area contributed by atoms with Gasteiger partial charge in [-0.2, -0.15) is 0 Å². The minimum absolute atomic E-state index is 0.969. The SMILES string of the molecule is CP=C=Nc1ccccc1. The monoisotopic (exact) mass is 149 g/mol. The Morgan fingerprint density at radius 1 is 1.30 bits per heavy atom. The van der Waals surface area contributed by atoms with Gasteiger partial charge in [0.15, 0.2) is 0 Å². The third-order valence-corrected chi connectivity index (χ3v) is 1.34. The second-order valence-corrected chi connectivity index (χ2v) is 2.42. The van der Waals surface area contributed by atoms with Gasteiger partial charge in [0.2, 0.25) is 0 Å². The first-order valence-electron chi connectivity index (χ1n) is 3.03. The Hall–Kier alpha value is -0.900. The van der Waals surface area contributed by atoms with Crippen molar-refractivity contribution >= 4 is 19.5 Å². The molecule has 1 rings (SSSR count). The van der Waals surface area contributed by atoms with Crippen LogP contribution in [0.4, 0.5) is 5.69 Å². The first-order valence-corrected chi connectivity index (χ1v) is 4.37. The number of hydrogen-bond acceptors (Lipinski definition) is 1. The summed E-state index contributed by atoms with van der Waals surface area (Å²) < 4.78 is 0. The van der Waals surface area contributed by atoms with Gasteiger partial charge < -0.3 is 0 Å². The minimum Gasteiger partial charge on any atom is -0.202 e. The van der Waals surface area contributed by atoms with E-state index in [2.05, 4.69) is 10.6 Å². The first-order chi connectivity index (χ1) is 4.93. The molecule has 1 nitrogen and oxygen atoms in total. The van der Waals surface area contributed by atoms with E-state index < -0.39 is 0 Å². The lowest BCUT2D eigenvalue weighted by atomic mass is 10.3. The molecular formula is C8H8NP. The fraction of sp³-hybridized carbons (Fsp3) is 0.125. The second kappa shape index (κ2) is 4.00. The molecule has 50 valence electrons. The Morgan fingerprint density at radius 2 is 2.00 bits per heavy atom. The quantitative estimate of drug-likeness (QED) is 0.430. The van der Waals surface area contributed by atoms with E-state index in [0.717, 1.165) is 13.9 Å². The van der Waals surface area contributed by atoms with Gasteiger partial charge in [-0.1, -0.05) is 18.2 Å². The molecule has 2 heteroatoms. The molecule has 0 spiro atoms. The fourth-order valence-corrected chi connectivity index (χ4v) is 0.826. The van der Waals surface area contributed by atoms with Crippen LogP contribution < -0.4 is 0 Å². The fourth-order valence-electron chi connectivity index (χ4n) is 0.610. The Balaban J connectivity index is 2.87. The van der Waals surface area contributed by atoms with Crippen LogP contribution >= 0.6 is 8.20 Å². The van der Waals surface area contributed by atoms with Gasteiger partial charge in [0.25, 0.3) is 0 Å². The number of nitrogens with zero attached hydrogens (tertiary/aromatic N) is 1. The number of hydrogen-bond donors (Lipinski definition) is 0. The summed E-state index contributed by atoms with van der Waals surface area (Å²) in [4.78, 5) is 4.06. The summed E-state index contributed by atoms with van der Waals surface area (Å²) in [6.45, 7) is 1.99. The van der Waals surface area contributed by atoms with E-state index in [-0.39, 0.29) is 0 Å². The van der Waals surface area contributed by atoms with Gasteiger partial charge in [-0.15, -0.1) is 0 Å². The lowest BCUT2D eigenvalue weighted by Crippen LogP contribution is -1.58. The lowest BCUT2D eigenvalue weighted by Gasteiger charge is -1.84. The van der Waals surface area contributed by atoms with E-state index in [9.17, 15) is 0 Å². The van der Waals surface area contributed by atoms with Crippen LogP contribution in [-0.4, -0.2) is 12.3 Å². The molecular weight excluding hydrogens is 141 g/mol. The van der Waals surface area contributed by atoms with Crippen molar-refractivity contribution in [3.63, 3.8) is 0 Å². The predicted molar refractivity (Wildman–Crippen MR) is 46.4 cm³/mol. The predicted octanol–water partition coefficient (Wildman–Crippen LogP) is 2.80. The van der Waals surface area contributed by atoms with Gasteiger partial charge in [-0.25, -0.2) is 4.99 Å². The maximum atomic E-state index is 4.06. The zero-order valence-electron chi connectivity index (χ0n) is 5.78. The summed E-state index contributed by atoms with van der Waals surface area (Å²) in [5.41, 5.74) is 3.83. The average molecular weight is 149 g/mol. The molecule has 0 radical (unpaired) electrons. The van der Waals surface area contributed by atoms with Crippen LogP contribution in [0.25, 0.3) is 0 Å². The molecule has 0 unspecified atom stereocenters. The molecule has 0 bridgehead atoms. The number of benzene rings is 1. The van der Waals surface area contributed by atoms with Gasteiger partial charge in [0, 0.05) is 5.59 Å². The molecule has 0 amide bonds. The van der Waals surface area contributed by atoms with Crippen LogP contribution in [0.5, 0.6) is 0 Å². The summed E-state index contributed by atoms with van der Waals surface area (Å²) in [6.07, 6.45) is 0. The summed E-state index contributed by atoms with van der Waals surface area (Å²) in [5, 5.41) is 0. The zero-order chi connectivity index (χ0) is 7.23. The maximum absolute atomic E-state index is 4.06. The van der Waals surface area contributed by atoms with Crippen molar-refractivity contribution in [1.29, 1.82) is 0 Å². The molecule has 0 fully saturated rings. The third-order valence-electron chi connectivity index (χ3n) is 1.04. The number of aliphatic imine (C=N–C) groups is 1. The summed E-state index contributed by atoms with van der Waals surface area (Å²) in [6, 6.07) is 9.82. The highest BCUT2D eigenvalue weighted by Crippen LogP contribution is 2.07. The molecule has 10 heavy (non-hydrogen) atoms. The number of rotatable bonds is 1. The highest BCUT2D eigenvalue weighted by Gasteiger charge is 1.79. The van der Waals surface area contributed by atoms with Crippen molar-refractivity contribution in [1.82, 2.24) is 0 Å². The molecule has 0 N–H and O–H groups in total. The van der Waals surface area contributed by atoms with E-state index in [1.807, 2.05) is 37.0 Å². The number of para-hydroxylation sites is 1. The van der Waals surface area contributed by atoms with Crippen molar-refractivity contribution in [3.8, 4) is 0 Å². The summed E-state index contributed by atoms with van der Waals surface area (Å²) in [5.74, 6) is 0. The van der Waals surface area contributed by atoms with Crippen molar-refractivity contribution in [2.45, 2.75) is 0 Å². The van der Waals surface area contributed by atoms with Crippen LogP contribution in [0.3, 0.4) is 0 Å². The molecule has 0 atom stereocenters. The Kier molecular flexibility index (Phi) is 2.89. The van der Waals surface area contributed by atoms with Crippen LogP contribution in [0.2, 0.25) is 0 Å². The van der Waals surface area contributed by atoms with Crippen LogP contribution in [0, 0.1) is 0 Å². The topological polar surface area (TPSA) is 12.4 Å². The van der Waals surface area contributed by atoms with Crippen LogP contribution in [0.1, 0.15) is 0 Å².